The van der Waals surface area contributed by atoms with Gasteiger partial charge in [-0.05, 0) is 28.9 Å². The summed E-state index contributed by atoms with van der Waals surface area (Å²) in [5.74, 6) is 0.339. The second-order valence-corrected chi connectivity index (χ2v) is 4.58. The van der Waals surface area contributed by atoms with Gasteiger partial charge in [-0.15, -0.1) is 0 Å². The molecule has 3 nitrogen and oxygen atoms in total. The lowest BCUT2D eigenvalue weighted by Gasteiger charge is -2.22. The number of nitrogens with one attached hydrogen (secondary N) is 1. The van der Waals surface area contributed by atoms with E-state index in [1.807, 2.05) is 18.2 Å². The molecule has 0 saturated carbocycles. The van der Waals surface area contributed by atoms with Crippen molar-refractivity contribution in [1.29, 1.82) is 0 Å². The number of fused-ring (bicyclic) bond motifs is 1. The Morgan fingerprint density at radius 3 is 2.87 bits per heavy atom. The molecule has 2 rings (SSSR count). The Morgan fingerprint density at radius 2 is 2.20 bits per heavy atom. The van der Waals surface area contributed by atoms with Crippen molar-refractivity contribution < 1.29 is 4.42 Å². The Kier molecular flexibility index (Phi) is 2.38. The maximum Gasteiger partial charge on any atom is 0.417 e. The van der Waals surface area contributed by atoms with Gasteiger partial charge in [-0.25, -0.2) is 4.79 Å². The lowest BCUT2D eigenvalue weighted by molar-refractivity contribution is 0.555. The predicted octanol–water partition coefficient (Wildman–Crippen LogP) is 2.33. The SMILES string of the molecule is CC(C)(CS)c1ccc2oc(=O)[nH]c2c1. The van der Waals surface area contributed by atoms with Gasteiger partial charge in [0.05, 0.1) is 5.52 Å². The molecular weight excluding hydrogens is 210 g/mol. The largest absolute Gasteiger partial charge is 0.417 e. The molecule has 1 aromatic heterocycles. The molecule has 0 spiro atoms. The van der Waals surface area contributed by atoms with Crippen LogP contribution in [0.5, 0.6) is 0 Å². The van der Waals surface area contributed by atoms with E-state index in [2.05, 4.69) is 31.5 Å². The molecule has 80 valence electrons. The number of aromatic nitrogens is 1. The lowest BCUT2D eigenvalue weighted by atomic mass is 9.87. The van der Waals surface area contributed by atoms with Crippen molar-refractivity contribution in [3.63, 3.8) is 0 Å². The molecule has 0 aliphatic rings. The van der Waals surface area contributed by atoms with E-state index in [-0.39, 0.29) is 5.41 Å². The molecule has 15 heavy (non-hydrogen) atoms. The van der Waals surface area contributed by atoms with Crippen molar-refractivity contribution in [3.8, 4) is 0 Å². The summed E-state index contributed by atoms with van der Waals surface area (Å²) >= 11 is 4.32. The normalized spacial score (nSPS) is 12.2. The highest BCUT2D eigenvalue weighted by atomic mass is 32.1. The van der Waals surface area contributed by atoms with E-state index >= 15 is 0 Å². The third-order valence-corrected chi connectivity index (χ3v) is 3.39. The Morgan fingerprint density at radius 1 is 1.47 bits per heavy atom. The molecular formula is C11H13NO2S. The van der Waals surface area contributed by atoms with Crippen LogP contribution < -0.4 is 5.76 Å². The zero-order chi connectivity index (χ0) is 11.1. The van der Waals surface area contributed by atoms with Crippen LogP contribution in [0.4, 0.5) is 0 Å². The first-order valence-corrected chi connectivity index (χ1v) is 5.40. The van der Waals surface area contributed by atoms with Crippen molar-refractivity contribution in [2.24, 2.45) is 0 Å². The van der Waals surface area contributed by atoms with E-state index in [0.717, 1.165) is 16.8 Å². The molecule has 1 heterocycles. The number of hydrogen-bond donors (Lipinski definition) is 2. The summed E-state index contributed by atoms with van der Waals surface area (Å²) in [7, 11) is 0. The summed E-state index contributed by atoms with van der Waals surface area (Å²) in [6, 6.07) is 5.72. The average Bonchev–Trinajstić information content (AvgIpc) is 2.56. The molecule has 0 amide bonds. The first-order valence-electron chi connectivity index (χ1n) is 4.77. The Hall–Kier alpha value is -1.16. The summed E-state index contributed by atoms with van der Waals surface area (Å²) in [6.07, 6.45) is 0. The molecule has 4 heteroatoms. The summed E-state index contributed by atoms with van der Waals surface area (Å²) in [4.78, 5) is 13.6. The maximum absolute atomic E-state index is 11.0. The fourth-order valence-corrected chi connectivity index (χ4v) is 1.65. The molecule has 0 aliphatic carbocycles. The minimum absolute atomic E-state index is 0.00847. The Balaban J connectivity index is 2.60. The van der Waals surface area contributed by atoms with Gasteiger partial charge in [0, 0.05) is 0 Å². The second-order valence-electron chi connectivity index (χ2n) is 4.27. The van der Waals surface area contributed by atoms with Crippen LogP contribution in [0.15, 0.2) is 27.4 Å². The highest BCUT2D eigenvalue weighted by Gasteiger charge is 2.19. The van der Waals surface area contributed by atoms with E-state index < -0.39 is 5.76 Å². The number of thiol groups is 1. The molecule has 0 radical (unpaired) electrons. The minimum atomic E-state index is -0.411. The number of oxazole rings is 1. The van der Waals surface area contributed by atoms with Gasteiger partial charge in [0.25, 0.3) is 0 Å². The number of H-pyrrole nitrogens is 1. The van der Waals surface area contributed by atoms with Gasteiger partial charge in [0.15, 0.2) is 5.58 Å². The second kappa shape index (κ2) is 3.45. The summed E-state index contributed by atoms with van der Waals surface area (Å²) in [5.41, 5.74) is 2.47. The van der Waals surface area contributed by atoms with Crippen LogP contribution in [0.25, 0.3) is 11.1 Å². The first-order chi connectivity index (χ1) is 7.03. The Labute approximate surface area is 92.9 Å². The molecule has 1 N–H and O–H groups in total. The summed E-state index contributed by atoms with van der Waals surface area (Å²) in [5, 5.41) is 0. The first kappa shape index (κ1) is 10.4. The van der Waals surface area contributed by atoms with E-state index in [0.29, 0.717) is 5.58 Å². The third-order valence-electron chi connectivity index (χ3n) is 2.60. The zero-order valence-corrected chi connectivity index (χ0v) is 9.60. The molecule has 0 aliphatic heterocycles. The molecule has 1 aromatic carbocycles. The van der Waals surface area contributed by atoms with E-state index in [4.69, 9.17) is 4.42 Å². The van der Waals surface area contributed by atoms with Crippen LogP contribution in [-0.2, 0) is 5.41 Å². The van der Waals surface area contributed by atoms with Crippen molar-refractivity contribution in [3.05, 3.63) is 34.3 Å². The standard InChI is InChI=1S/C11H13NO2S/c1-11(2,6-15)7-3-4-9-8(5-7)12-10(13)14-9/h3-5,15H,6H2,1-2H3,(H,12,13). The van der Waals surface area contributed by atoms with Gasteiger partial charge < -0.3 is 4.42 Å². The fraction of sp³-hybridized carbons (Fsp3) is 0.364. The third kappa shape index (κ3) is 1.81. The maximum atomic E-state index is 11.0. The highest BCUT2D eigenvalue weighted by Crippen LogP contribution is 2.26. The Bertz CT molecular complexity index is 539. The van der Waals surface area contributed by atoms with Crippen LogP contribution in [0, 0.1) is 0 Å². The van der Waals surface area contributed by atoms with Gasteiger partial charge in [0.1, 0.15) is 0 Å². The van der Waals surface area contributed by atoms with Gasteiger partial charge in [-0.2, -0.15) is 12.6 Å². The topological polar surface area (TPSA) is 46.0 Å². The van der Waals surface area contributed by atoms with E-state index in [1.165, 1.54) is 0 Å². The fourth-order valence-electron chi connectivity index (χ4n) is 1.46. The van der Waals surface area contributed by atoms with Crippen LogP contribution in [-0.4, -0.2) is 10.7 Å². The predicted molar refractivity (Wildman–Crippen MR) is 63.7 cm³/mol. The molecule has 0 atom stereocenters. The molecule has 0 saturated heterocycles. The van der Waals surface area contributed by atoms with Gasteiger partial charge in [-0.3, -0.25) is 4.98 Å². The van der Waals surface area contributed by atoms with Crippen LogP contribution in [0.1, 0.15) is 19.4 Å². The lowest BCUT2D eigenvalue weighted by Crippen LogP contribution is -2.18. The number of rotatable bonds is 2. The quantitative estimate of drug-likeness (QED) is 0.767. The van der Waals surface area contributed by atoms with Crippen molar-refractivity contribution in [2.75, 3.05) is 5.75 Å². The van der Waals surface area contributed by atoms with Crippen molar-refractivity contribution >= 4 is 23.7 Å². The van der Waals surface area contributed by atoms with Crippen LogP contribution in [0.2, 0.25) is 0 Å². The van der Waals surface area contributed by atoms with Gasteiger partial charge in [0.2, 0.25) is 0 Å². The van der Waals surface area contributed by atoms with E-state index in [9.17, 15) is 4.79 Å². The van der Waals surface area contributed by atoms with Crippen molar-refractivity contribution in [1.82, 2.24) is 4.98 Å². The number of hydrogen-bond acceptors (Lipinski definition) is 3. The van der Waals surface area contributed by atoms with Gasteiger partial charge >= 0.3 is 5.76 Å². The zero-order valence-electron chi connectivity index (χ0n) is 8.70. The average molecular weight is 223 g/mol. The summed E-state index contributed by atoms with van der Waals surface area (Å²) in [6.45, 7) is 4.22. The monoisotopic (exact) mass is 223 g/mol. The smallest absolute Gasteiger partial charge is 0.408 e. The van der Waals surface area contributed by atoms with Crippen LogP contribution >= 0.6 is 12.6 Å². The van der Waals surface area contributed by atoms with Crippen LogP contribution in [0.3, 0.4) is 0 Å². The number of aromatic amines is 1. The molecule has 0 fully saturated rings. The highest BCUT2D eigenvalue weighted by molar-refractivity contribution is 7.80. The van der Waals surface area contributed by atoms with Gasteiger partial charge in [-0.1, -0.05) is 19.9 Å². The van der Waals surface area contributed by atoms with Crippen molar-refractivity contribution in [2.45, 2.75) is 19.3 Å². The molecule has 0 unspecified atom stereocenters. The number of benzene rings is 1. The van der Waals surface area contributed by atoms with E-state index in [1.54, 1.807) is 0 Å². The minimum Gasteiger partial charge on any atom is -0.408 e. The summed E-state index contributed by atoms with van der Waals surface area (Å²) < 4.78 is 4.94. The molecule has 2 aromatic rings. The molecule has 0 bridgehead atoms.